The first-order valence-electron chi connectivity index (χ1n) is 11.7. The van der Waals surface area contributed by atoms with Gasteiger partial charge in [0.05, 0.1) is 24.8 Å². The molecule has 2 aromatic carbocycles. The summed E-state index contributed by atoms with van der Waals surface area (Å²) in [5.74, 6) is 2.58. The van der Waals surface area contributed by atoms with Crippen molar-refractivity contribution in [3.05, 3.63) is 77.4 Å². The molecule has 1 aromatic heterocycles. The third kappa shape index (κ3) is 4.64. The van der Waals surface area contributed by atoms with E-state index in [1.807, 2.05) is 29.8 Å². The van der Waals surface area contributed by atoms with E-state index < -0.39 is 0 Å². The number of benzene rings is 2. The van der Waals surface area contributed by atoms with Crippen molar-refractivity contribution in [3.63, 3.8) is 0 Å². The molecule has 0 spiro atoms. The number of imidazole rings is 1. The van der Waals surface area contributed by atoms with Gasteiger partial charge in [0.15, 0.2) is 5.84 Å². The number of aromatic nitrogens is 2. The van der Waals surface area contributed by atoms with Gasteiger partial charge in [-0.15, -0.1) is 0 Å². The molecule has 1 fully saturated rings. The first kappa shape index (κ1) is 22.1. The van der Waals surface area contributed by atoms with E-state index in [9.17, 15) is 0 Å². The highest BCUT2D eigenvalue weighted by Crippen LogP contribution is 2.29. The van der Waals surface area contributed by atoms with Crippen LogP contribution in [0, 0.1) is 13.8 Å². The SMILES string of the molecule is COc1cc(/C=C2\CCCN3C2=NOCC3COc2ccc(C)cc2)ccc1-n1cnc(C)c1. The van der Waals surface area contributed by atoms with Gasteiger partial charge >= 0.3 is 0 Å². The number of fused-ring (bicyclic) bond motifs is 1. The second-order valence-electron chi connectivity index (χ2n) is 8.81. The van der Waals surface area contributed by atoms with Crippen molar-refractivity contribution >= 4 is 11.9 Å². The summed E-state index contributed by atoms with van der Waals surface area (Å²) in [6.07, 6.45) is 7.99. The quantitative estimate of drug-likeness (QED) is 0.533. The van der Waals surface area contributed by atoms with Crippen molar-refractivity contribution in [2.75, 3.05) is 26.9 Å². The molecule has 34 heavy (non-hydrogen) atoms. The molecular formula is C27H30N4O3. The lowest BCUT2D eigenvalue weighted by Gasteiger charge is -2.39. The maximum absolute atomic E-state index is 6.07. The summed E-state index contributed by atoms with van der Waals surface area (Å²) < 4.78 is 13.7. The largest absolute Gasteiger partial charge is 0.495 e. The standard InChI is InChI=1S/C27H30N4O3/c1-19-6-9-24(10-7-19)33-16-23-17-34-29-27-22(5-4-12-31(23)27)13-21-8-11-25(26(14-21)32-3)30-15-20(2)28-18-30/h6-11,13-15,18,23H,4-5,12,16-17H2,1-3H3/b22-13+. The Hall–Kier alpha value is -3.74. The fourth-order valence-corrected chi connectivity index (χ4v) is 4.44. The number of hydrogen-bond acceptors (Lipinski definition) is 6. The number of ether oxygens (including phenoxy) is 2. The summed E-state index contributed by atoms with van der Waals surface area (Å²) in [6.45, 7) is 6.08. The molecule has 0 N–H and O–H groups in total. The Morgan fingerprint density at radius 3 is 2.76 bits per heavy atom. The molecule has 2 aliphatic rings. The highest BCUT2D eigenvalue weighted by Gasteiger charge is 2.32. The van der Waals surface area contributed by atoms with E-state index in [2.05, 4.69) is 58.4 Å². The van der Waals surface area contributed by atoms with Crippen LogP contribution in [0.5, 0.6) is 11.5 Å². The first-order valence-corrected chi connectivity index (χ1v) is 11.7. The Bertz CT molecular complexity index is 1210. The van der Waals surface area contributed by atoms with Crippen molar-refractivity contribution in [2.24, 2.45) is 5.16 Å². The summed E-state index contributed by atoms with van der Waals surface area (Å²) >= 11 is 0. The van der Waals surface area contributed by atoms with Crippen LogP contribution in [0.15, 0.2) is 65.7 Å². The average molecular weight is 459 g/mol. The van der Waals surface area contributed by atoms with E-state index in [1.54, 1.807) is 13.4 Å². The maximum Gasteiger partial charge on any atom is 0.171 e. The Balaban J connectivity index is 1.34. The van der Waals surface area contributed by atoms with Crippen molar-refractivity contribution in [1.82, 2.24) is 14.5 Å². The first-order chi connectivity index (χ1) is 16.6. The molecule has 0 saturated carbocycles. The molecule has 5 rings (SSSR count). The van der Waals surface area contributed by atoms with Crippen LogP contribution in [-0.4, -0.2) is 53.2 Å². The van der Waals surface area contributed by atoms with Gasteiger partial charge in [0.1, 0.15) is 30.8 Å². The smallest absolute Gasteiger partial charge is 0.171 e. The second kappa shape index (κ2) is 9.63. The molecule has 176 valence electrons. The maximum atomic E-state index is 6.07. The van der Waals surface area contributed by atoms with Crippen molar-refractivity contribution in [1.29, 1.82) is 0 Å². The van der Waals surface area contributed by atoms with Gasteiger partial charge in [-0.2, -0.15) is 0 Å². The number of amidine groups is 1. The lowest BCUT2D eigenvalue weighted by molar-refractivity contribution is 0.0373. The van der Waals surface area contributed by atoms with E-state index in [4.69, 9.17) is 14.3 Å². The predicted molar refractivity (Wildman–Crippen MR) is 133 cm³/mol. The molecule has 0 bridgehead atoms. The van der Waals surface area contributed by atoms with Crippen LogP contribution in [0.25, 0.3) is 11.8 Å². The minimum absolute atomic E-state index is 0.124. The highest BCUT2D eigenvalue weighted by molar-refractivity contribution is 6.02. The zero-order valence-electron chi connectivity index (χ0n) is 19.9. The number of aryl methyl sites for hydroxylation is 2. The van der Waals surface area contributed by atoms with E-state index in [0.717, 1.165) is 53.7 Å². The Morgan fingerprint density at radius 1 is 1.15 bits per heavy atom. The minimum atomic E-state index is 0.124. The molecule has 0 aliphatic carbocycles. The van der Waals surface area contributed by atoms with E-state index in [1.165, 1.54) is 11.1 Å². The van der Waals surface area contributed by atoms with Crippen LogP contribution in [0.2, 0.25) is 0 Å². The van der Waals surface area contributed by atoms with Crippen LogP contribution < -0.4 is 9.47 Å². The van der Waals surface area contributed by atoms with Gasteiger partial charge in [-0.25, -0.2) is 4.98 Å². The van der Waals surface area contributed by atoms with Gasteiger partial charge < -0.3 is 23.8 Å². The summed E-state index contributed by atoms with van der Waals surface area (Å²) in [5.41, 5.74) is 5.38. The molecule has 0 radical (unpaired) electrons. The van der Waals surface area contributed by atoms with Gasteiger partial charge in [0, 0.05) is 12.7 Å². The lowest BCUT2D eigenvalue weighted by Crippen LogP contribution is -2.51. The van der Waals surface area contributed by atoms with Crippen LogP contribution in [0.4, 0.5) is 0 Å². The molecule has 7 heteroatoms. The van der Waals surface area contributed by atoms with Gasteiger partial charge in [-0.3, -0.25) is 0 Å². The molecule has 3 aromatic rings. The van der Waals surface area contributed by atoms with E-state index in [0.29, 0.717) is 13.2 Å². The molecule has 2 aliphatic heterocycles. The Morgan fingerprint density at radius 2 is 2.00 bits per heavy atom. The predicted octanol–water partition coefficient (Wildman–Crippen LogP) is 4.77. The molecule has 7 nitrogen and oxygen atoms in total. The van der Waals surface area contributed by atoms with Crippen molar-refractivity contribution < 1.29 is 14.3 Å². The van der Waals surface area contributed by atoms with Crippen molar-refractivity contribution in [2.45, 2.75) is 32.7 Å². The van der Waals surface area contributed by atoms with E-state index in [-0.39, 0.29) is 6.04 Å². The number of piperidine rings is 1. The molecule has 3 heterocycles. The molecule has 1 unspecified atom stereocenters. The van der Waals surface area contributed by atoms with E-state index >= 15 is 0 Å². The number of methoxy groups -OCH3 is 1. The number of rotatable bonds is 6. The zero-order valence-corrected chi connectivity index (χ0v) is 19.9. The second-order valence-corrected chi connectivity index (χ2v) is 8.81. The number of hydrogen-bond donors (Lipinski definition) is 0. The molecule has 1 atom stereocenters. The number of nitrogens with zero attached hydrogens (tertiary/aromatic N) is 4. The summed E-state index contributed by atoms with van der Waals surface area (Å²) in [5, 5.41) is 4.43. The van der Waals surface area contributed by atoms with Crippen LogP contribution >= 0.6 is 0 Å². The van der Waals surface area contributed by atoms with Gasteiger partial charge in [-0.05, 0) is 68.2 Å². The van der Waals surface area contributed by atoms with Crippen LogP contribution in [-0.2, 0) is 4.84 Å². The lowest BCUT2D eigenvalue weighted by atomic mass is 9.98. The van der Waals surface area contributed by atoms with Gasteiger partial charge in [0.25, 0.3) is 0 Å². The Labute approximate surface area is 200 Å². The van der Waals surface area contributed by atoms with Crippen molar-refractivity contribution in [3.8, 4) is 17.2 Å². The zero-order chi connectivity index (χ0) is 23.5. The summed E-state index contributed by atoms with van der Waals surface area (Å²) in [7, 11) is 1.69. The molecular weight excluding hydrogens is 428 g/mol. The number of oxime groups is 1. The third-order valence-electron chi connectivity index (χ3n) is 6.26. The monoisotopic (exact) mass is 458 g/mol. The fourth-order valence-electron chi connectivity index (χ4n) is 4.44. The normalized spacial score (nSPS) is 18.8. The summed E-state index contributed by atoms with van der Waals surface area (Å²) in [6, 6.07) is 14.5. The topological polar surface area (TPSA) is 61.1 Å². The third-order valence-corrected chi connectivity index (χ3v) is 6.26. The van der Waals surface area contributed by atoms with Crippen LogP contribution in [0.3, 0.4) is 0 Å². The van der Waals surface area contributed by atoms with Gasteiger partial charge in [0.2, 0.25) is 0 Å². The summed E-state index contributed by atoms with van der Waals surface area (Å²) in [4.78, 5) is 12.3. The minimum Gasteiger partial charge on any atom is -0.495 e. The highest BCUT2D eigenvalue weighted by atomic mass is 16.6. The Kier molecular flexibility index (Phi) is 6.25. The van der Waals surface area contributed by atoms with Gasteiger partial charge in [-0.1, -0.05) is 28.9 Å². The van der Waals surface area contributed by atoms with Crippen LogP contribution in [0.1, 0.15) is 29.7 Å². The fraction of sp³-hybridized carbons (Fsp3) is 0.333. The molecule has 1 saturated heterocycles. The molecule has 0 amide bonds. The average Bonchev–Trinajstić information content (AvgIpc) is 3.30.